The first-order chi connectivity index (χ1) is 9.88. The molecule has 0 bridgehead atoms. The molecule has 1 saturated heterocycles. The summed E-state index contributed by atoms with van der Waals surface area (Å²) in [6, 6.07) is 7.06. The summed E-state index contributed by atoms with van der Waals surface area (Å²) in [7, 11) is 0. The largest absolute Gasteiger partial charge is 0.456 e. The lowest BCUT2D eigenvalue weighted by Crippen LogP contribution is -2.29. The van der Waals surface area contributed by atoms with Crippen molar-refractivity contribution < 1.29 is 14.3 Å². The number of carbonyl (C=O) groups is 2. The van der Waals surface area contributed by atoms with E-state index in [1.165, 1.54) is 25.6 Å². The Kier molecular flexibility index (Phi) is 4.58. The van der Waals surface area contributed by atoms with Crippen molar-refractivity contribution in [2.24, 2.45) is 0 Å². The molecule has 4 heteroatoms. The van der Waals surface area contributed by atoms with Gasteiger partial charge in [0.15, 0.2) is 5.78 Å². The number of rotatable bonds is 1. The summed E-state index contributed by atoms with van der Waals surface area (Å²) in [5.41, 5.74) is 1.01. The highest BCUT2D eigenvalue weighted by atomic mass is 16.6. The summed E-state index contributed by atoms with van der Waals surface area (Å²) in [5, 5.41) is 3.11. The minimum absolute atomic E-state index is 0.138. The fourth-order valence-corrected chi connectivity index (χ4v) is 1.90. The van der Waals surface area contributed by atoms with Crippen LogP contribution >= 0.6 is 0 Å². The Labute approximate surface area is 125 Å². The summed E-state index contributed by atoms with van der Waals surface area (Å²) in [5.74, 6) is -0.586. The number of esters is 1. The molecule has 1 aliphatic heterocycles. The molecule has 1 aromatic carbocycles. The number of hydrogen-bond donors (Lipinski definition) is 1. The van der Waals surface area contributed by atoms with Crippen molar-refractivity contribution in [1.82, 2.24) is 5.32 Å². The Bertz CT molecular complexity index is 574. The molecule has 112 valence electrons. The molecule has 0 spiro atoms. The van der Waals surface area contributed by atoms with E-state index in [0.29, 0.717) is 16.7 Å². The van der Waals surface area contributed by atoms with E-state index in [2.05, 4.69) is 5.32 Å². The van der Waals surface area contributed by atoms with E-state index in [0.717, 1.165) is 0 Å². The first-order valence-corrected chi connectivity index (χ1v) is 7.18. The molecule has 1 aliphatic carbocycles. The topological polar surface area (TPSA) is 55.4 Å². The van der Waals surface area contributed by atoms with Crippen molar-refractivity contribution in [3.8, 4) is 0 Å². The zero-order valence-corrected chi connectivity index (χ0v) is 12.7. The first-order valence-electron chi connectivity index (χ1n) is 7.18. The summed E-state index contributed by atoms with van der Waals surface area (Å²) in [4.78, 5) is 23.6. The lowest BCUT2D eigenvalue weighted by Gasteiger charge is -2.19. The Morgan fingerprint density at radius 1 is 1.14 bits per heavy atom. The third kappa shape index (κ3) is 4.02. The zero-order valence-electron chi connectivity index (χ0n) is 12.7. The van der Waals surface area contributed by atoms with E-state index in [4.69, 9.17) is 4.74 Å². The molecule has 3 rings (SSSR count). The third-order valence-corrected chi connectivity index (χ3v) is 3.08. The zero-order chi connectivity index (χ0) is 15.5. The number of benzene rings is 1. The van der Waals surface area contributed by atoms with Gasteiger partial charge in [0, 0.05) is 17.2 Å². The Morgan fingerprint density at radius 3 is 2.14 bits per heavy atom. The minimum Gasteiger partial charge on any atom is -0.456 e. The van der Waals surface area contributed by atoms with Gasteiger partial charge in [-0.3, -0.25) is 4.79 Å². The maximum absolute atomic E-state index is 11.9. The predicted molar refractivity (Wildman–Crippen MR) is 82.1 cm³/mol. The number of ketones is 1. The van der Waals surface area contributed by atoms with Crippen LogP contribution in [-0.2, 0) is 9.53 Å². The highest BCUT2D eigenvalue weighted by Gasteiger charge is 2.28. The molecular weight excluding hydrogens is 266 g/mol. The van der Waals surface area contributed by atoms with E-state index < -0.39 is 11.6 Å². The van der Waals surface area contributed by atoms with Gasteiger partial charge in [-0.05, 0) is 40.3 Å². The number of nitrogens with one attached hydrogen (secondary N) is 1. The van der Waals surface area contributed by atoms with E-state index in [9.17, 15) is 9.59 Å². The molecule has 0 unspecified atom stereocenters. The summed E-state index contributed by atoms with van der Waals surface area (Å²) < 4.78 is 5.27. The quantitative estimate of drug-likeness (QED) is 0.807. The van der Waals surface area contributed by atoms with Crippen LogP contribution in [-0.4, -0.2) is 30.4 Å². The molecule has 0 amide bonds. The molecule has 21 heavy (non-hydrogen) atoms. The van der Waals surface area contributed by atoms with E-state index in [-0.39, 0.29) is 5.78 Å². The van der Waals surface area contributed by atoms with Crippen LogP contribution in [0.15, 0.2) is 30.3 Å². The van der Waals surface area contributed by atoms with Gasteiger partial charge in [0.25, 0.3) is 0 Å². The van der Waals surface area contributed by atoms with E-state index in [1.54, 1.807) is 45.0 Å². The van der Waals surface area contributed by atoms with Crippen LogP contribution in [0, 0.1) is 0 Å². The smallest absolute Gasteiger partial charge is 0.339 e. The summed E-state index contributed by atoms with van der Waals surface area (Å²) in [6.07, 6.45) is 2.73. The molecule has 1 N–H and O–H groups in total. The van der Waals surface area contributed by atoms with Crippen LogP contribution in [0.3, 0.4) is 0 Å². The van der Waals surface area contributed by atoms with Crippen LogP contribution in [0.25, 0.3) is 5.57 Å². The number of allylic oxidation sites excluding steroid dienone is 1. The molecule has 4 nitrogen and oxygen atoms in total. The predicted octanol–water partition coefficient (Wildman–Crippen LogP) is 2.59. The van der Waals surface area contributed by atoms with Crippen molar-refractivity contribution in [2.75, 3.05) is 13.1 Å². The SMILES string of the molecule is C1CNC1.CC(C)(C)OC(=O)C1=CC(=O)c2ccccc21. The standard InChI is InChI=1S/C14H14O3.C3H7N/c1-14(2,3)17-13(16)11-8-12(15)10-7-5-4-6-9(10)11;1-2-4-3-1/h4-8H,1-3H3;4H,1-3H2. The second-order valence-electron chi connectivity index (χ2n) is 6.07. The summed E-state index contributed by atoms with van der Waals surface area (Å²) in [6.45, 7) is 7.90. The van der Waals surface area contributed by atoms with Crippen molar-refractivity contribution >= 4 is 17.3 Å². The number of hydrogen-bond acceptors (Lipinski definition) is 4. The van der Waals surface area contributed by atoms with Gasteiger partial charge in [0.1, 0.15) is 5.60 Å². The molecule has 1 aromatic rings. The average Bonchev–Trinajstić information content (AvgIpc) is 2.63. The van der Waals surface area contributed by atoms with Gasteiger partial charge in [-0.2, -0.15) is 0 Å². The maximum atomic E-state index is 11.9. The van der Waals surface area contributed by atoms with Gasteiger partial charge in [-0.1, -0.05) is 24.3 Å². The second-order valence-corrected chi connectivity index (χ2v) is 6.07. The summed E-state index contributed by atoms with van der Waals surface area (Å²) >= 11 is 0. The minimum atomic E-state index is -0.557. The van der Waals surface area contributed by atoms with Crippen molar-refractivity contribution in [2.45, 2.75) is 32.8 Å². The highest BCUT2D eigenvalue weighted by Crippen LogP contribution is 2.29. The first kappa shape index (κ1) is 15.4. The van der Waals surface area contributed by atoms with Gasteiger partial charge in [0.05, 0.1) is 5.57 Å². The normalized spacial score (nSPS) is 16.1. The monoisotopic (exact) mass is 287 g/mol. The lowest BCUT2D eigenvalue weighted by molar-refractivity contribution is -0.147. The van der Waals surface area contributed by atoms with E-state index >= 15 is 0 Å². The van der Waals surface area contributed by atoms with Crippen LogP contribution < -0.4 is 5.32 Å². The Hall–Kier alpha value is -1.94. The van der Waals surface area contributed by atoms with Gasteiger partial charge in [-0.25, -0.2) is 4.79 Å². The van der Waals surface area contributed by atoms with Crippen LogP contribution in [0.2, 0.25) is 0 Å². The van der Waals surface area contributed by atoms with Gasteiger partial charge in [-0.15, -0.1) is 0 Å². The van der Waals surface area contributed by atoms with Crippen molar-refractivity contribution in [1.29, 1.82) is 0 Å². The molecule has 1 heterocycles. The van der Waals surface area contributed by atoms with Gasteiger partial charge >= 0.3 is 5.97 Å². The highest BCUT2D eigenvalue weighted by molar-refractivity contribution is 6.30. The molecular formula is C17H21NO3. The van der Waals surface area contributed by atoms with E-state index in [1.807, 2.05) is 0 Å². The van der Waals surface area contributed by atoms with Gasteiger partial charge in [0.2, 0.25) is 0 Å². The fraction of sp³-hybridized carbons (Fsp3) is 0.412. The van der Waals surface area contributed by atoms with Crippen LogP contribution in [0.4, 0.5) is 0 Å². The molecule has 0 radical (unpaired) electrons. The molecule has 0 atom stereocenters. The molecule has 1 fully saturated rings. The molecule has 0 saturated carbocycles. The number of carbonyl (C=O) groups excluding carboxylic acids is 2. The maximum Gasteiger partial charge on any atom is 0.339 e. The lowest BCUT2D eigenvalue weighted by atomic mass is 10.1. The molecule has 0 aromatic heterocycles. The average molecular weight is 287 g/mol. The molecule has 2 aliphatic rings. The fourth-order valence-electron chi connectivity index (χ4n) is 1.90. The second kappa shape index (κ2) is 6.22. The van der Waals surface area contributed by atoms with Crippen molar-refractivity contribution in [3.05, 3.63) is 41.5 Å². The van der Waals surface area contributed by atoms with Crippen molar-refractivity contribution in [3.63, 3.8) is 0 Å². The van der Waals surface area contributed by atoms with Crippen LogP contribution in [0.1, 0.15) is 43.1 Å². The Balaban J connectivity index is 0.000000347. The number of fused-ring (bicyclic) bond motifs is 1. The van der Waals surface area contributed by atoms with Crippen LogP contribution in [0.5, 0.6) is 0 Å². The third-order valence-electron chi connectivity index (χ3n) is 3.08. The Morgan fingerprint density at radius 2 is 1.67 bits per heavy atom. The van der Waals surface area contributed by atoms with Gasteiger partial charge < -0.3 is 10.1 Å². The number of ether oxygens (including phenoxy) is 1.